The van der Waals surface area contributed by atoms with Gasteiger partial charge in [-0.1, -0.05) is 25.1 Å². The molecule has 1 N–H and O–H groups in total. The van der Waals surface area contributed by atoms with Gasteiger partial charge in [0.15, 0.2) is 0 Å². The molecule has 4 heteroatoms. The number of likely N-dealkylation sites (N-methyl/N-ethyl adjacent to an activating group) is 1. The Hall–Kier alpha value is -1.84. The molecule has 0 saturated carbocycles. The Morgan fingerprint density at radius 1 is 1.29 bits per heavy atom. The number of nitrogens with zero attached hydrogens (tertiary/aromatic N) is 1. The van der Waals surface area contributed by atoms with E-state index in [2.05, 4.69) is 0 Å². The maximum absolute atomic E-state index is 12.1. The quantitative estimate of drug-likeness (QED) is 0.868. The number of carboxylic acid groups (broad SMARTS) is 1. The maximum atomic E-state index is 12.1. The zero-order chi connectivity index (χ0) is 13.1. The Morgan fingerprint density at radius 2 is 1.82 bits per heavy atom. The topological polar surface area (TPSA) is 57.6 Å². The van der Waals surface area contributed by atoms with Gasteiger partial charge in [-0.05, 0) is 25.5 Å². The molecule has 92 valence electrons. The highest BCUT2D eigenvalue weighted by atomic mass is 16.4. The van der Waals surface area contributed by atoms with Crippen molar-refractivity contribution in [3.05, 3.63) is 35.9 Å². The third kappa shape index (κ3) is 2.46. The average molecular weight is 235 g/mol. The van der Waals surface area contributed by atoms with E-state index in [1.807, 2.05) is 6.07 Å². The van der Waals surface area contributed by atoms with Gasteiger partial charge in [0, 0.05) is 12.6 Å². The van der Waals surface area contributed by atoms with E-state index >= 15 is 0 Å². The molecular weight excluding hydrogens is 218 g/mol. The van der Waals surface area contributed by atoms with Crippen LogP contribution in [0.25, 0.3) is 0 Å². The molecule has 0 radical (unpaired) electrons. The standard InChI is InChI=1S/C13H17NO3/c1-4-13(2,12(16)17)14(3)11(15)10-8-6-5-7-9-10/h5-9H,4H2,1-3H3,(H,16,17). The molecule has 0 aromatic heterocycles. The van der Waals surface area contributed by atoms with Crippen LogP contribution in [0.2, 0.25) is 0 Å². The van der Waals surface area contributed by atoms with Gasteiger partial charge in [-0.3, -0.25) is 4.79 Å². The fourth-order valence-electron chi connectivity index (χ4n) is 1.53. The lowest BCUT2D eigenvalue weighted by atomic mass is 9.96. The van der Waals surface area contributed by atoms with Crippen LogP contribution in [0.15, 0.2) is 30.3 Å². The fraction of sp³-hybridized carbons (Fsp3) is 0.385. The van der Waals surface area contributed by atoms with E-state index < -0.39 is 11.5 Å². The summed E-state index contributed by atoms with van der Waals surface area (Å²) in [4.78, 5) is 24.6. The van der Waals surface area contributed by atoms with Crippen LogP contribution in [0.4, 0.5) is 0 Å². The first-order valence-corrected chi connectivity index (χ1v) is 5.50. The summed E-state index contributed by atoms with van der Waals surface area (Å²) < 4.78 is 0. The average Bonchev–Trinajstić information content (AvgIpc) is 2.36. The number of carboxylic acids is 1. The smallest absolute Gasteiger partial charge is 0.329 e. The summed E-state index contributed by atoms with van der Waals surface area (Å²) in [6.07, 6.45) is 0.359. The van der Waals surface area contributed by atoms with E-state index in [0.717, 1.165) is 0 Å². The molecule has 0 heterocycles. The molecule has 1 rings (SSSR count). The lowest BCUT2D eigenvalue weighted by Gasteiger charge is -2.34. The Bertz CT molecular complexity index is 416. The van der Waals surface area contributed by atoms with Gasteiger partial charge in [0.05, 0.1) is 0 Å². The molecule has 1 aromatic rings. The summed E-state index contributed by atoms with van der Waals surface area (Å²) in [6, 6.07) is 8.68. The Morgan fingerprint density at radius 3 is 2.24 bits per heavy atom. The fourth-order valence-corrected chi connectivity index (χ4v) is 1.53. The molecule has 17 heavy (non-hydrogen) atoms. The third-order valence-electron chi connectivity index (χ3n) is 3.21. The highest BCUT2D eigenvalue weighted by Crippen LogP contribution is 2.20. The van der Waals surface area contributed by atoms with Crippen LogP contribution in [-0.2, 0) is 4.79 Å². The number of aliphatic carboxylic acids is 1. The predicted molar refractivity (Wildman–Crippen MR) is 64.9 cm³/mol. The van der Waals surface area contributed by atoms with Gasteiger partial charge >= 0.3 is 5.97 Å². The molecule has 1 aromatic carbocycles. The van der Waals surface area contributed by atoms with Gasteiger partial charge in [0.2, 0.25) is 0 Å². The highest BCUT2D eigenvalue weighted by Gasteiger charge is 2.38. The van der Waals surface area contributed by atoms with Crippen LogP contribution >= 0.6 is 0 Å². The van der Waals surface area contributed by atoms with E-state index in [4.69, 9.17) is 0 Å². The van der Waals surface area contributed by atoms with Crippen molar-refractivity contribution in [1.29, 1.82) is 0 Å². The summed E-state index contributed by atoms with van der Waals surface area (Å²) in [5, 5.41) is 9.20. The summed E-state index contributed by atoms with van der Waals surface area (Å²) in [7, 11) is 1.52. The van der Waals surface area contributed by atoms with Gasteiger partial charge in [0.25, 0.3) is 5.91 Å². The SMILES string of the molecule is CCC(C)(C(=O)O)N(C)C(=O)c1ccccc1. The van der Waals surface area contributed by atoms with Crippen molar-refractivity contribution in [1.82, 2.24) is 4.90 Å². The molecule has 0 aliphatic rings. The predicted octanol–water partition coefficient (Wildman–Crippen LogP) is 2.01. The highest BCUT2D eigenvalue weighted by molar-refractivity contribution is 5.97. The van der Waals surface area contributed by atoms with Crippen LogP contribution in [0.5, 0.6) is 0 Å². The number of rotatable bonds is 4. The molecule has 0 saturated heterocycles. The molecule has 0 aliphatic carbocycles. The van der Waals surface area contributed by atoms with Crippen molar-refractivity contribution in [2.75, 3.05) is 7.05 Å². The van der Waals surface area contributed by atoms with Crippen LogP contribution in [0.1, 0.15) is 30.6 Å². The summed E-state index contributed by atoms with van der Waals surface area (Å²) >= 11 is 0. The number of hydrogen-bond acceptors (Lipinski definition) is 2. The third-order valence-corrected chi connectivity index (χ3v) is 3.21. The van der Waals surface area contributed by atoms with E-state index in [-0.39, 0.29) is 5.91 Å². The number of carbonyl (C=O) groups excluding carboxylic acids is 1. The summed E-state index contributed by atoms with van der Waals surface area (Å²) in [6.45, 7) is 3.30. The second-order valence-corrected chi connectivity index (χ2v) is 4.16. The summed E-state index contributed by atoms with van der Waals surface area (Å²) in [5.74, 6) is -1.27. The maximum Gasteiger partial charge on any atom is 0.329 e. The minimum atomic E-state index is -1.17. The monoisotopic (exact) mass is 235 g/mol. The molecule has 0 aliphatic heterocycles. The number of amides is 1. The number of hydrogen-bond donors (Lipinski definition) is 1. The lowest BCUT2D eigenvalue weighted by Crippen LogP contribution is -2.52. The summed E-state index contributed by atoms with van der Waals surface area (Å²) in [5.41, 5.74) is -0.677. The second-order valence-electron chi connectivity index (χ2n) is 4.16. The molecule has 1 amide bonds. The molecule has 4 nitrogen and oxygen atoms in total. The van der Waals surface area contributed by atoms with Crippen molar-refractivity contribution in [3.63, 3.8) is 0 Å². The molecule has 1 atom stereocenters. The van der Waals surface area contributed by atoms with Crippen LogP contribution in [0.3, 0.4) is 0 Å². The van der Waals surface area contributed by atoms with Gasteiger partial charge in [-0.25, -0.2) is 4.79 Å². The van der Waals surface area contributed by atoms with Gasteiger partial charge in [-0.15, -0.1) is 0 Å². The second kappa shape index (κ2) is 4.99. The van der Waals surface area contributed by atoms with Crippen molar-refractivity contribution in [3.8, 4) is 0 Å². The van der Waals surface area contributed by atoms with Crippen LogP contribution < -0.4 is 0 Å². The number of carbonyl (C=O) groups is 2. The molecule has 0 spiro atoms. The first kappa shape index (κ1) is 13.2. The van der Waals surface area contributed by atoms with E-state index in [1.54, 1.807) is 38.1 Å². The molecule has 0 fully saturated rings. The van der Waals surface area contributed by atoms with Crippen molar-refractivity contribution >= 4 is 11.9 Å². The molecule has 0 bridgehead atoms. The largest absolute Gasteiger partial charge is 0.480 e. The Labute approximate surface area is 101 Å². The number of benzene rings is 1. The van der Waals surface area contributed by atoms with Crippen molar-refractivity contribution < 1.29 is 14.7 Å². The zero-order valence-electron chi connectivity index (χ0n) is 10.3. The van der Waals surface area contributed by atoms with Crippen molar-refractivity contribution in [2.24, 2.45) is 0 Å². The lowest BCUT2D eigenvalue weighted by molar-refractivity contribution is -0.148. The van der Waals surface area contributed by atoms with E-state index in [0.29, 0.717) is 12.0 Å². The van der Waals surface area contributed by atoms with Crippen molar-refractivity contribution in [2.45, 2.75) is 25.8 Å². The van der Waals surface area contributed by atoms with E-state index in [1.165, 1.54) is 11.9 Å². The Kier molecular flexibility index (Phi) is 3.89. The molecular formula is C13H17NO3. The minimum absolute atomic E-state index is 0.280. The normalized spacial score (nSPS) is 13.8. The van der Waals surface area contributed by atoms with Crippen LogP contribution in [0, 0.1) is 0 Å². The zero-order valence-corrected chi connectivity index (χ0v) is 10.3. The Balaban J connectivity index is 3.01. The van der Waals surface area contributed by atoms with Crippen LogP contribution in [-0.4, -0.2) is 34.5 Å². The van der Waals surface area contributed by atoms with Gasteiger partial charge in [0.1, 0.15) is 5.54 Å². The van der Waals surface area contributed by atoms with Gasteiger partial charge < -0.3 is 10.0 Å². The first-order chi connectivity index (χ1) is 7.93. The van der Waals surface area contributed by atoms with E-state index in [9.17, 15) is 14.7 Å². The van der Waals surface area contributed by atoms with Gasteiger partial charge in [-0.2, -0.15) is 0 Å². The first-order valence-electron chi connectivity index (χ1n) is 5.50. The minimum Gasteiger partial charge on any atom is -0.480 e. The molecule has 1 unspecified atom stereocenters.